The molecule has 0 fully saturated rings. The number of hydrogen-bond acceptors (Lipinski definition) is 2. The second-order valence-electron chi connectivity index (χ2n) is 7.82. The van der Waals surface area contributed by atoms with Crippen LogP contribution in [-0.4, -0.2) is 38.5 Å². The number of hydrogen-bond donors (Lipinski definition) is 3. The molecule has 2 atom stereocenters. The number of aromatic nitrogens is 3. The average Bonchev–Trinajstić information content (AvgIpc) is 3.50. The third kappa shape index (κ3) is 3.25. The fraction of sp³-hybridized carbons (Fsp3) is 0.167. The van der Waals surface area contributed by atoms with Crippen molar-refractivity contribution in [3.8, 4) is 11.4 Å². The Balaban J connectivity index is 1.43. The summed E-state index contributed by atoms with van der Waals surface area (Å²) in [5.41, 5.74) is 6.61. The van der Waals surface area contributed by atoms with Crippen LogP contribution in [-0.2, 0) is 12.8 Å². The molecule has 5 heteroatoms. The van der Waals surface area contributed by atoms with Crippen LogP contribution in [0.2, 0.25) is 0 Å². The van der Waals surface area contributed by atoms with Crippen LogP contribution in [0.25, 0.3) is 23.5 Å². The summed E-state index contributed by atoms with van der Waals surface area (Å²) in [4.78, 5) is 20.2. The van der Waals surface area contributed by atoms with Gasteiger partial charge >= 0.3 is 0 Å². The van der Waals surface area contributed by atoms with Gasteiger partial charge in [-0.25, -0.2) is 0 Å². The minimum Gasteiger partial charge on any atom is -0.357 e. The normalized spacial score (nSPS) is 22.2. The van der Waals surface area contributed by atoms with Crippen molar-refractivity contribution >= 4 is 23.6 Å². The average molecular weight is 379 g/mol. The number of nitrogens with zero attached hydrogens (tertiary/aromatic N) is 2. The maximum absolute atomic E-state index is 4.84. The van der Waals surface area contributed by atoms with Gasteiger partial charge in [0.25, 0.3) is 0 Å². The number of rotatable bonds is 0. The fourth-order valence-corrected chi connectivity index (χ4v) is 4.17. The molecule has 3 aliphatic rings. The highest BCUT2D eigenvalue weighted by atomic mass is 14.9. The summed E-state index contributed by atoms with van der Waals surface area (Å²) < 4.78 is 0. The summed E-state index contributed by atoms with van der Waals surface area (Å²) in [5.74, 6) is 0. The molecule has 142 valence electrons. The van der Waals surface area contributed by atoms with Gasteiger partial charge in [-0.2, -0.15) is 0 Å². The van der Waals surface area contributed by atoms with Crippen molar-refractivity contribution in [2.45, 2.75) is 24.9 Å². The molecule has 3 aliphatic heterocycles. The Bertz CT molecular complexity index is 1220. The molecule has 0 saturated carbocycles. The number of H-pyrrole nitrogens is 3. The highest BCUT2D eigenvalue weighted by Gasteiger charge is 2.15. The van der Waals surface area contributed by atoms with Crippen LogP contribution < -0.4 is 10.7 Å². The van der Waals surface area contributed by atoms with E-state index in [-0.39, 0.29) is 12.1 Å². The number of aromatic amines is 3. The number of fused-ring (bicyclic) bond motifs is 9. The lowest BCUT2D eigenvalue weighted by Crippen LogP contribution is -2.12. The maximum atomic E-state index is 4.84. The van der Waals surface area contributed by atoms with Gasteiger partial charge in [-0.15, -0.1) is 0 Å². The Morgan fingerprint density at radius 3 is 1.66 bits per heavy atom. The molecule has 0 radical (unpaired) electrons. The van der Waals surface area contributed by atoms with Crippen molar-refractivity contribution in [1.29, 1.82) is 0 Å². The van der Waals surface area contributed by atoms with E-state index in [1.165, 1.54) is 11.4 Å². The Morgan fingerprint density at radius 1 is 0.621 bits per heavy atom. The Labute approximate surface area is 168 Å². The van der Waals surface area contributed by atoms with Crippen LogP contribution in [0.3, 0.4) is 0 Å². The maximum Gasteiger partial charge on any atom is 0.0745 e. The van der Waals surface area contributed by atoms with Crippen LogP contribution in [0.1, 0.15) is 11.4 Å². The predicted octanol–water partition coefficient (Wildman–Crippen LogP) is 2.46. The Kier molecular flexibility index (Phi) is 3.66. The van der Waals surface area contributed by atoms with E-state index in [0.717, 1.165) is 46.4 Å². The van der Waals surface area contributed by atoms with E-state index in [2.05, 4.69) is 87.8 Å². The van der Waals surface area contributed by atoms with Gasteiger partial charge in [0.2, 0.25) is 0 Å². The van der Waals surface area contributed by atoms with Gasteiger partial charge in [0.1, 0.15) is 0 Å². The minimum absolute atomic E-state index is 0.172. The molecule has 3 aromatic rings. The third-order valence-electron chi connectivity index (χ3n) is 5.59. The van der Waals surface area contributed by atoms with E-state index in [9.17, 15) is 0 Å². The summed E-state index contributed by atoms with van der Waals surface area (Å²) in [6, 6.07) is 13.1. The molecule has 0 amide bonds. The van der Waals surface area contributed by atoms with Crippen molar-refractivity contribution in [2.24, 2.45) is 9.98 Å². The second-order valence-corrected chi connectivity index (χ2v) is 7.82. The molecule has 0 spiro atoms. The first-order valence-corrected chi connectivity index (χ1v) is 10.0. The number of nitrogens with one attached hydrogen (secondary N) is 3. The lowest BCUT2D eigenvalue weighted by molar-refractivity contribution is 0.805. The highest BCUT2D eigenvalue weighted by molar-refractivity contribution is 6.19. The summed E-state index contributed by atoms with van der Waals surface area (Å²) in [7, 11) is 0. The Hall–Kier alpha value is -3.60. The zero-order valence-corrected chi connectivity index (χ0v) is 15.9. The molecule has 3 aromatic heterocycles. The summed E-state index contributed by atoms with van der Waals surface area (Å²) in [6.45, 7) is 0. The zero-order valence-electron chi connectivity index (χ0n) is 15.9. The fourth-order valence-electron chi connectivity index (χ4n) is 4.17. The van der Waals surface area contributed by atoms with Gasteiger partial charge < -0.3 is 15.0 Å². The van der Waals surface area contributed by atoms with Gasteiger partial charge in [0, 0.05) is 34.9 Å². The van der Waals surface area contributed by atoms with Crippen molar-refractivity contribution in [3.05, 3.63) is 82.8 Å². The van der Waals surface area contributed by atoms with E-state index in [1.54, 1.807) is 0 Å². The molecule has 0 aromatic carbocycles. The molecule has 0 saturated heterocycles. The number of allylic oxidation sites excluding steroid dienone is 2. The molecule has 10 bridgehead atoms. The monoisotopic (exact) mass is 379 g/mol. The molecule has 29 heavy (non-hydrogen) atoms. The second kappa shape index (κ2) is 6.48. The molecule has 2 unspecified atom stereocenters. The summed E-state index contributed by atoms with van der Waals surface area (Å²) in [6.07, 6.45) is 14.5. The standard InChI is InChI=1S/C24H21N5/c1-2-16-12-18-4-6-20(27-18)14-22-8-10-24(29-22)23-9-7-21(28-23)13-19-5-3-17(26-19)11-15(1)25-16/h1-12,19-20,25,28-29H,13-14H2. The largest absolute Gasteiger partial charge is 0.357 e. The molecule has 6 heterocycles. The smallest absolute Gasteiger partial charge is 0.0745 e. The first-order chi connectivity index (χ1) is 14.3. The summed E-state index contributed by atoms with van der Waals surface area (Å²) in [5, 5.41) is 2.11. The summed E-state index contributed by atoms with van der Waals surface area (Å²) >= 11 is 0. The topological polar surface area (TPSA) is 72.1 Å². The Morgan fingerprint density at radius 2 is 1.14 bits per heavy atom. The van der Waals surface area contributed by atoms with Gasteiger partial charge in [-0.05, 0) is 60.7 Å². The highest BCUT2D eigenvalue weighted by Crippen LogP contribution is 2.21. The van der Waals surface area contributed by atoms with Crippen molar-refractivity contribution in [2.75, 3.05) is 0 Å². The van der Waals surface area contributed by atoms with E-state index in [1.807, 2.05) is 0 Å². The van der Waals surface area contributed by atoms with Gasteiger partial charge in [0.15, 0.2) is 0 Å². The molecular formula is C24H21N5. The predicted molar refractivity (Wildman–Crippen MR) is 118 cm³/mol. The minimum atomic E-state index is 0.172. The van der Waals surface area contributed by atoms with E-state index in [4.69, 9.17) is 9.98 Å². The van der Waals surface area contributed by atoms with E-state index in [0.29, 0.717) is 0 Å². The molecule has 0 aliphatic carbocycles. The molecule has 3 N–H and O–H groups in total. The van der Waals surface area contributed by atoms with Crippen molar-refractivity contribution in [3.63, 3.8) is 0 Å². The van der Waals surface area contributed by atoms with E-state index < -0.39 is 0 Å². The lowest BCUT2D eigenvalue weighted by atomic mass is 10.2. The first-order valence-electron chi connectivity index (χ1n) is 10.0. The SMILES string of the molecule is C1=CC2Cc3ccc([nH]3)-c3ccc([nH]3)CC3C=CC(=N3)C=c3ccc([nH]3)=CC1=N2. The van der Waals surface area contributed by atoms with Gasteiger partial charge in [-0.1, -0.05) is 12.2 Å². The van der Waals surface area contributed by atoms with Crippen LogP contribution in [0.4, 0.5) is 0 Å². The van der Waals surface area contributed by atoms with Crippen molar-refractivity contribution in [1.82, 2.24) is 15.0 Å². The number of aliphatic imine (C=N–C) groups is 2. The third-order valence-corrected chi connectivity index (χ3v) is 5.59. The quantitative estimate of drug-likeness (QED) is 0.537. The lowest BCUT2D eigenvalue weighted by Gasteiger charge is -2.03. The van der Waals surface area contributed by atoms with Crippen LogP contribution in [0.15, 0.2) is 70.7 Å². The molecule has 6 rings (SSSR count). The van der Waals surface area contributed by atoms with Gasteiger partial charge in [0.05, 0.1) is 34.9 Å². The van der Waals surface area contributed by atoms with E-state index >= 15 is 0 Å². The van der Waals surface area contributed by atoms with Crippen molar-refractivity contribution < 1.29 is 0 Å². The van der Waals surface area contributed by atoms with Crippen LogP contribution >= 0.6 is 0 Å². The first kappa shape index (κ1) is 16.4. The van der Waals surface area contributed by atoms with Crippen LogP contribution in [0.5, 0.6) is 0 Å². The van der Waals surface area contributed by atoms with Gasteiger partial charge in [-0.3, -0.25) is 9.98 Å². The molecule has 5 nitrogen and oxygen atoms in total. The zero-order chi connectivity index (χ0) is 19.2. The molecular weight excluding hydrogens is 358 g/mol. The van der Waals surface area contributed by atoms with Crippen LogP contribution in [0, 0.1) is 0 Å².